The van der Waals surface area contributed by atoms with Gasteiger partial charge < -0.3 is 5.11 Å². The highest BCUT2D eigenvalue weighted by molar-refractivity contribution is 5.34. The summed E-state index contributed by atoms with van der Waals surface area (Å²) < 4.78 is 0. The first-order valence-electron chi connectivity index (χ1n) is 3.71. The van der Waals surface area contributed by atoms with Crippen LogP contribution in [0.25, 0.3) is 0 Å². The number of hydrogen-bond acceptors (Lipinski definition) is 1. The van der Waals surface area contributed by atoms with E-state index < -0.39 is 6.10 Å². The molecule has 1 aromatic rings. The minimum Gasteiger partial charge on any atom is -0.384 e. The van der Waals surface area contributed by atoms with Crippen molar-refractivity contribution in [3.63, 3.8) is 0 Å². The van der Waals surface area contributed by atoms with Crippen LogP contribution >= 0.6 is 0 Å². The smallest absolute Gasteiger partial charge is 0.104 e. The average molecular weight is 145 g/mol. The van der Waals surface area contributed by atoms with Crippen molar-refractivity contribution in [1.82, 2.24) is 0 Å². The van der Waals surface area contributed by atoms with Crippen LogP contribution in [-0.4, -0.2) is 5.11 Å². The molecule has 1 radical (unpaired) electrons. The van der Waals surface area contributed by atoms with Crippen molar-refractivity contribution in [2.75, 3.05) is 0 Å². The fraction of sp³-hybridized carbons (Fsp3) is 0.200. The molecule has 0 saturated heterocycles. The largest absolute Gasteiger partial charge is 0.384 e. The Morgan fingerprint density at radius 1 is 1.36 bits per heavy atom. The molecule has 0 bridgehead atoms. The van der Waals surface area contributed by atoms with Crippen molar-refractivity contribution in [3.8, 4) is 0 Å². The Morgan fingerprint density at radius 3 is 3.00 bits per heavy atom. The van der Waals surface area contributed by atoms with E-state index in [1.807, 2.05) is 30.3 Å². The van der Waals surface area contributed by atoms with Gasteiger partial charge in [-0.05, 0) is 23.6 Å². The van der Waals surface area contributed by atoms with E-state index in [1.54, 1.807) is 0 Å². The van der Waals surface area contributed by atoms with Crippen LogP contribution in [0.3, 0.4) is 0 Å². The van der Waals surface area contributed by atoms with Gasteiger partial charge in [-0.2, -0.15) is 0 Å². The second-order valence-electron chi connectivity index (χ2n) is 2.68. The Labute approximate surface area is 66.0 Å². The monoisotopic (exact) mass is 145 g/mol. The lowest BCUT2D eigenvalue weighted by Crippen LogP contribution is -2.03. The molecule has 0 aliphatic heterocycles. The van der Waals surface area contributed by atoms with E-state index in [4.69, 9.17) is 0 Å². The molecule has 1 nitrogen and oxygen atoms in total. The van der Waals surface area contributed by atoms with Crippen LogP contribution in [0.15, 0.2) is 30.3 Å². The number of rotatable bonds is 0. The molecule has 0 heterocycles. The second-order valence-corrected chi connectivity index (χ2v) is 2.68. The molecule has 55 valence electrons. The standard InChI is InChI=1S/C10H9O/c11-10-7-3-5-8-4-1-2-6-9(8)10/h1-4,6,10-11H,5H2. The first-order chi connectivity index (χ1) is 5.38. The molecule has 0 saturated carbocycles. The summed E-state index contributed by atoms with van der Waals surface area (Å²) in [5, 5.41) is 9.42. The van der Waals surface area contributed by atoms with Crippen LogP contribution in [0.5, 0.6) is 0 Å². The predicted octanol–water partition coefficient (Wildman–Crippen LogP) is 1.64. The molecule has 1 unspecified atom stereocenters. The highest BCUT2D eigenvalue weighted by atomic mass is 16.3. The van der Waals surface area contributed by atoms with Gasteiger partial charge in [0.05, 0.1) is 0 Å². The van der Waals surface area contributed by atoms with E-state index >= 15 is 0 Å². The van der Waals surface area contributed by atoms with Gasteiger partial charge in [-0.15, -0.1) is 0 Å². The van der Waals surface area contributed by atoms with Gasteiger partial charge in [-0.1, -0.05) is 30.3 Å². The van der Waals surface area contributed by atoms with Crippen molar-refractivity contribution in [3.05, 3.63) is 47.5 Å². The lowest BCUT2D eigenvalue weighted by Gasteiger charge is -2.14. The third-order valence-electron chi connectivity index (χ3n) is 1.95. The summed E-state index contributed by atoms with van der Waals surface area (Å²) >= 11 is 0. The molecule has 0 fully saturated rings. The second kappa shape index (κ2) is 2.51. The van der Waals surface area contributed by atoms with Gasteiger partial charge >= 0.3 is 0 Å². The van der Waals surface area contributed by atoms with Crippen LogP contribution < -0.4 is 0 Å². The van der Waals surface area contributed by atoms with E-state index in [0.29, 0.717) is 0 Å². The third kappa shape index (κ3) is 1.08. The number of allylic oxidation sites excluding steroid dienone is 1. The van der Waals surface area contributed by atoms with Crippen LogP contribution in [0.1, 0.15) is 17.2 Å². The molecule has 1 N–H and O–H groups in total. The van der Waals surface area contributed by atoms with Crippen molar-refractivity contribution < 1.29 is 5.11 Å². The highest BCUT2D eigenvalue weighted by Crippen LogP contribution is 2.22. The lowest BCUT2D eigenvalue weighted by atomic mass is 9.95. The Kier molecular flexibility index (Phi) is 1.51. The Morgan fingerprint density at radius 2 is 2.18 bits per heavy atom. The van der Waals surface area contributed by atoms with Gasteiger partial charge in [0.2, 0.25) is 0 Å². The van der Waals surface area contributed by atoms with Crippen molar-refractivity contribution in [2.45, 2.75) is 12.5 Å². The molecule has 1 aliphatic rings. The van der Waals surface area contributed by atoms with Crippen molar-refractivity contribution in [2.24, 2.45) is 0 Å². The summed E-state index contributed by atoms with van der Waals surface area (Å²) in [6.07, 6.45) is 5.13. The lowest BCUT2D eigenvalue weighted by molar-refractivity contribution is 0.217. The number of fused-ring (bicyclic) bond motifs is 1. The maximum absolute atomic E-state index is 9.42. The summed E-state index contributed by atoms with van der Waals surface area (Å²) in [4.78, 5) is 0. The number of aliphatic hydroxyl groups excluding tert-OH is 1. The molecule has 1 atom stereocenters. The Bertz CT molecular complexity index is 289. The summed E-state index contributed by atoms with van der Waals surface area (Å²) in [5.74, 6) is 0. The average Bonchev–Trinajstić information content (AvgIpc) is 2.06. The van der Waals surface area contributed by atoms with Crippen LogP contribution in [-0.2, 0) is 6.42 Å². The van der Waals surface area contributed by atoms with E-state index in [-0.39, 0.29) is 0 Å². The number of aliphatic hydroxyl groups is 1. The van der Waals surface area contributed by atoms with Gasteiger partial charge in [-0.3, -0.25) is 0 Å². The molecule has 1 heteroatoms. The Balaban J connectivity index is 2.50. The molecule has 0 aromatic heterocycles. The topological polar surface area (TPSA) is 20.2 Å². The Hall–Kier alpha value is -1.08. The zero-order chi connectivity index (χ0) is 7.68. The van der Waals surface area contributed by atoms with Gasteiger partial charge in [0.25, 0.3) is 0 Å². The van der Waals surface area contributed by atoms with Crippen LogP contribution in [0.2, 0.25) is 0 Å². The SMILES string of the molecule is OC1[C]=CCc2ccccc21. The quantitative estimate of drug-likeness (QED) is 0.588. The highest BCUT2D eigenvalue weighted by Gasteiger charge is 2.11. The molecule has 11 heavy (non-hydrogen) atoms. The first-order valence-corrected chi connectivity index (χ1v) is 3.71. The first kappa shape index (κ1) is 6.62. The third-order valence-corrected chi connectivity index (χ3v) is 1.95. The molecule has 1 aromatic carbocycles. The van der Waals surface area contributed by atoms with Crippen molar-refractivity contribution >= 4 is 0 Å². The summed E-state index contributed by atoms with van der Waals surface area (Å²) in [6, 6.07) is 7.91. The maximum Gasteiger partial charge on any atom is 0.104 e. The summed E-state index contributed by atoms with van der Waals surface area (Å²) in [6.45, 7) is 0. The fourth-order valence-electron chi connectivity index (χ4n) is 1.36. The summed E-state index contributed by atoms with van der Waals surface area (Å²) in [7, 11) is 0. The van der Waals surface area contributed by atoms with Crippen molar-refractivity contribution in [1.29, 1.82) is 0 Å². The number of benzene rings is 1. The molecule has 1 aliphatic carbocycles. The normalized spacial score (nSPS) is 21.4. The molecule has 0 amide bonds. The molecule has 0 spiro atoms. The van der Waals surface area contributed by atoms with Gasteiger partial charge in [-0.25, -0.2) is 0 Å². The molecular formula is C10H9O. The van der Waals surface area contributed by atoms with Crippen LogP contribution in [0.4, 0.5) is 0 Å². The van der Waals surface area contributed by atoms with Gasteiger partial charge in [0, 0.05) is 0 Å². The van der Waals surface area contributed by atoms with E-state index in [0.717, 1.165) is 12.0 Å². The predicted molar refractivity (Wildman–Crippen MR) is 42.9 cm³/mol. The zero-order valence-corrected chi connectivity index (χ0v) is 6.12. The van der Waals surface area contributed by atoms with Crippen LogP contribution in [0, 0.1) is 6.08 Å². The summed E-state index contributed by atoms with van der Waals surface area (Å²) in [5.41, 5.74) is 2.20. The van der Waals surface area contributed by atoms with E-state index in [1.165, 1.54) is 5.56 Å². The van der Waals surface area contributed by atoms with Gasteiger partial charge in [0.15, 0.2) is 0 Å². The number of hydrogen-bond donors (Lipinski definition) is 1. The van der Waals surface area contributed by atoms with Gasteiger partial charge in [0.1, 0.15) is 6.10 Å². The molecule has 2 rings (SSSR count). The van der Waals surface area contributed by atoms with E-state index in [2.05, 4.69) is 6.08 Å². The van der Waals surface area contributed by atoms with E-state index in [9.17, 15) is 5.11 Å². The minimum absolute atomic E-state index is 0.514. The maximum atomic E-state index is 9.42. The fourth-order valence-corrected chi connectivity index (χ4v) is 1.36. The molecular weight excluding hydrogens is 136 g/mol. The minimum atomic E-state index is -0.514. The zero-order valence-electron chi connectivity index (χ0n) is 6.12.